The Bertz CT molecular complexity index is 942. The first kappa shape index (κ1) is 17.3. The summed E-state index contributed by atoms with van der Waals surface area (Å²) in [5.74, 6) is 0. The third kappa shape index (κ3) is 3.92. The van der Waals surface area contributed by atoms with Gasteiger partial charge in [-0.25, -0.2) is 18.1 Å². The van der Waals surface area contributed by atoms with Gasteiger partial charge in [-0.1, -0.05) is 36.8 Å². The van der Waals surface area contributed by atoms with E-state index in [0.29, 0.717) is 4.21 Å². The maximum Gasteiger partial charge on any atom is 0.250 e. The second kappa shape index (κ2) is 7.14. The third-order valence-electron chi connectivity index (χ3n) is 3.52. The van der Waals surface area contributed by atoms with Crippen molar-refractivity contribution in [1.82, 2.24) is 9.71 Å². The summed E-state index contributed by atoms with van der Waals surface area (Å²) >= 11 is 2.80. The minimum absolute atomic E-state index is 0.286. The molecule has 3 rings (SSSR count). The van der Waals surface area contributed by atoms with Gasteiger partial charge < -0.3 is 0 Å². The van der Waals surface area contributed by atoms with Gasteiger partial charge >= 0.3 is 0 Å². The largest absolute Gasteiger partial charge is 0.250 e. The SMILES string of the molecule is CCc1csc(-c2ccc(S(=O)(=O)NCc3cccc(C)c3)s2)n1. The lowest BCUT2D eigenvalue weighted by Crippen LogP contribution is -2.22. The molecule has 0 radical (unpaired) electrons. The van der Waals surface area contributed by atoms with Crippen LogP contribution in [0.25, 0.3) is 9.88 Å². The summed E-state index contributed by atoms with van der Waals surface area (Å²) in [6.45, 7) is 4.33. The minimum atomic E-state index is -3.51. The number of aryl methyl sites for hydroxylation is 2. The van der Waals surface area contributed by atoms with Gasteiger partial charge in [-0.2, -0.15) is 0 Å². The number of aromatic nitrogens is 1. The number of rotatable bonds is 6. The van der Waals surface area contributed by atoms with E-state index in [9.17, 15) is 8.42 Å². The summed E-state index contributed by atoms with van der Waals surface area (Å²) in [5.41, 5.74) is 3.09. The van der Waals surface area contributed by atoms with Crippen LogP contribution in [-0.4, -0.2) is 13.4 Å². The molecule has 7 heteroatoms. The molecule has 2 heterocycles. The van der Waals surface area contributed by atoms with E-state index in [-0.39, 0.29) is 6.54 Å². The molecule has 0 aliphatic heterocycles. The fourth-order valence-electron chi connectivity index (χ4n) is 2.23. The minimum Gasteiger partial charge on any atom is -0.240 e. The Morgan fingerprint density at radius 3 is 2.75 bits per heavy atom. The summed E-state index contributed by atoms with van der Waals surface area (Å²) in [6.07, 6.45) is 0.880. The monoisotopic (exact) mass is 378 g/mol. The number of hydrogen-bond donors (Lipinski definition) is 1. The molecule has 0 saturated heterocycles. The first-order chi connectivity index (χ1) is 11.5. The van der Waals surface area contributed by atoms with Gasteiger partial charge in [0.05, 0.1) is 10.6 Å². The van der Waals surface area contributed by atoms with Crippen molar-refractivity contribution >= 4 is 32.7 Å². The quantitative estimate of drug-likeness (QED) is 0.698. The zero-order valence-electron chi connectivity index (χ0n) is 13.4. The molecule has 0 saturated carbocycles. The van der Waals surface area contributed by atoms with Crippen LogP contribution in [0, 0.1) is 6.92 Å². The van der Waals surface area contributed by atoms with E-state index in [1.165, 1.54) is 11.3 Å². The van der Waals surface area contributed by atoms with Crippen molar-refractivity contribution in [2.45, 2.75) is 31.0 Å². The fourth-order valence-corrected chi connectivity index (χ4v) is 5.58. The highest BCUT2D eigenvalue weighted by atomic mass is 32.2. The second-order valence-electron chi connectivity index (χ2n) is 5.43. The summed E-state index contributed by atoms with van der Waals surface area (Å²) < 4.78 is 27.9. The highest BCUT2D eigenvalue weighted by Crippen LogP contribution is 2.32. The average molecular weight is 379 g/mol. The van der Waals surface area contributed by atoms with Gasteiger partial charge in [0.1, 0.15) is 9.22 Å². The zero-order chi connectivity index (χ0) is 17.2. The number of thiazole rings is 1. The van der Waals surface area contributed by atoms with Crippen molar-refractivity contribution in [2.24, 2.45) is 0 Å². The average Bonchev–Trinajstić information content (AvgIpc) is 3.22. The standard InChI is InChI=1S/C17H18N2O2S3/c1-3-14-11-22-17(19-14)15-7-8-16(23-15)24(20,21)18-10-13-6-4-5-12(2)9-13/h4-9,11,18H,3,10H2,1-2H3. The number of hydrogen-bond acceptors (Lipinski definition) is 5. The Labute approximate surface area is 150 Å². The van der Waals surface area contributed by atoms with Crippen LogP contribution in [0.1, 0.15) is 23.7 Å². The van der Waals surface area contributed by atoms with Crippen molar-refractivity contribution in [3.8, 4) is 9.88 Å². The second-order valence-corrected chi connectivity index (χ2v) is 9.37. The number of nitrogens with zero attached hydrogens (tertiary/aromatic N) is 1. The molecule has 0 atom stereocenters. The summed E-state index contributed by atoms with van der Waals surface area (Å²) in [5, 5.41) is 2.89. The molecule has 1 aromatic carbocycles. The number of thiophene rings is 1. The smallest absolute Gasteiger partial charge is 0.240 e. The Hall–Kier alpha value is -1.54. The van der Waals surface area contributed by atoms with E-state index in [1.54, 1.807) is 17.4 Å². The van der Waals surface area contributed by atoms with E-state index < -0.39 is 10.0 Å². The van der Waals surface area contributed by atoms with E-state index in [4.69, 9.17) is 0 Å². The normalized spacial score (nSPS) is 11.8. The first-order valence-electron chi connectivity index (χ1n) is 7.58. The van der Waals surface area contributed by atoms with Crippen molar-refractivity contribution < 1.29 is 8.42 Å². The molecule has 4 nitrogen and oxygen atoms in total. The molecule has 0 spiro atoms. The van der Waals surface area contributed by atoms with E-state index in [0.717, 1.165) is 33.1 Å². The highest BCUT2D eigenvalue weighted by molar-refractivity contribution is 7.91. The van der Waals surface area contributed by atoms with Crippen LogP contribution in [0.5, 0.6) is 0 Å². The third-order valence-corrected chi connectivity index (χ3v) is 7.56. The number of benzene rings is 1. The van der Waals surface area contributed by atoms with E-state index in [1.807, 2.05) is 42.6 Å². The zero-order valence-corrected chi connectivity index (χ0v) is 15.9. The Morgan fingerprint density at radius 1 is 1.21 bits per heavy atom. The fraction of sp³-hybridized carbons (Fsp3) is 0.235. The Kier molecular flexibility index (Phi) is 5.15. The molecule has 0 unspecified atom stereocenters. The van der Waals surface area contributed by atoms with Gasteiger partial charge in [-0.15, -0.1) is 22.7 Å². The van der Waals surface area contributed by atoms with Gasteiger partial charge in [0.15, 0.2) is 0 Å². The lowest BCUT2D eigenvalue weighted by atomic mass is 10.1. The van der Waals surface area contributed by atoms with Gasteiger partial charge in [0, 0.05) is 11.9 Å². The number of sulfonamides is 1. The summed E-state index contributed by atoms with van der Waals surface area (Å²) in [6, 6.07) is 11.3. The number of nitrogens with one attached hydrogen (secondary N) is 1. The van der Waals surface area contributed by atoms with Gasteiger partial charge in [0.25, 0.3) is 0 Å². The van der Waals surface area contributed by atoms with Crippen LogP contribution in [0.4, 0.5) is 0 Å². The predicted octanol–water partition coefficient (Wildman–Crippen LogP) is 4.22. The van der Waals surface area contributed by atoms with Crippen LogP contribution < -0.4 is 4.72 Å². The topological polar surface area (TPSA) is 59.1 Å². The van der Waals surface area contributed by atoms with Crippen LogP contribution in [0.3, 0.4) is 0 Å². The molecule has 1 N–H and O–H groups in total. The highest BCUT2D eigenvalue weighted by Gasteiger charge is 2.18. The van der Waals surface area contributed by atoms with Crippen molar-refractivity contribution in [3.63, 3.8) is 0 Å². The molecular weight excluding hydrogens is 360 g/mol. The van der Waals surface area contributed by atoms with Crippen LogP contribution in [0.15, 0.2) is 46.0 Å². The van der Waals surface area contributed by atoms with E-state index >= 15 is 0 Å². The van der Waals surface area contributed by atoms with Gasteiger partial charge in [-0.3, -0.25) is 0 Å². The molecule has 126 valence electrons. The summed E-state index contributed by atoms with van der Waals surface area (Å²) in [4.78, 5) is 5.40. The lowest BCUT2D eigenvalue weighted by molar-refractivity contribution is 0.583. The Balaban J connectivity index is 1.75. The van der Waals surface area contributed by atoms with Crippen LogP contribution in [0.2, 0.25) is 0 Å². The molecule has 0 amide bonds. The maximum atomic E-state index is 12.5. The molecule has 24 heavy (non-hydrogen) atoms. The predicted molar refractivity (Wildman–Crippen MR) is 100 cm³/mol. The molecule has 0 fully saturated rings. The Morgan fingerprint density at radius 2 is 2.04 bits per heavy atom. The van der Waals surface area contributed by atoms with Crippen LogP contribution in [-0.2, 0) is 23.0 Å². The van der Waals surface area contributed by atoms with Crippen molar-refractivity contribution in [3.05, 3.63) is 58.6 Å². The van der Waals surface area contributed by atoms with Crippen molar-refractivity contribution in [2.75, 3.05) is 0 Å². The molecule has 2 aromatic heterocycles. The maximum absolute atomic E-state index is 12.5. The molecule has 0 bridgehead atoms. The molecular formula is C17H18N2O2S3. The van der Waals surface area contributed by atoms with Crippen molar-refractivity contribution in [1.29, 1.82) is 0 Å². The van der Waals surface area contributed by atoms with Gasteiger partial charge in [-0.05, 0) is 31.0 Å². The summed E-state index contributed by atoms with van der Waals surface area (Å²) in [7, 11) is -3.51. The van der Waals surface area contributed by atoms with Crippen LogP contribution >= 0.6 is 22.7 Å². The molecule has 3 aromatic rings. The van der Waals surface area contributed by atoms with E-state index in [2.05, 4.69) is 16.6 Å². The molecule has 0 aliphatic rings. The lowest BCUT2D eigenvalue weighted by Gasteiger charge is -2.05. The molecule has 0 aliphatic carbocycles. The van der Waals surface area contributed by atoms with Gasteiger partial charge in [0.2, 0.25) is 10.0 Å². The first-order valence-corrected chi connectivity index (χ1v) is 10.8.